The molecule has 0 spiro atoms. The summed E-state index contributed by atoms with van der Waals surface area (Å²) in [4.78, 5) is 25.0. The molecule has 0 aromatic heterocycles. The Kier molecular flexibility index (Phi) is 9.90. The van der Waals surface area contributed by atoms with E-state index in [1.54, 1.807) is 27.7 Å². The van der Waals surface area contributed by atoms with Crippen molar-refractivity contribution >= 4 is 11.9 Å². The fourth-order valence-corrected chi connectivity index (χ4v) is 1.85. The number of nitrogens with zero attached hydrogens (tertiary/aromatic N) is 1. The molecule has 0 bridgehead atoms. The zero-order valence-electron chi connectivity index (χ0n) is 15.8. The van der Waals surface area contributed by atoms with Crippen molar-refractivity contribution in [2.45, 2.75) is 52.2 Å². The molecule has 0 aromatic rings. The summed E-state index contributed by atoms with van der Waals surface area (Å²) < 4.78 is 6.08. The van der Waals surface area contributed by atoms with Crippen LogP contribution in [0.5, 0.6) is 0 Å². The summed E-state index contributed by atoms with van der Waals surface area (Å²) in [6, 6.07) is 0. The molecule has 0 aliphatic rings. The van der Waals surface area contributed by atoms with Crippen molar-refractivity contribution in [1.82, 2.24) is 5.32 Å². The molecule has 1 amide bonds. The molecule has 0 saturated heterocycles. The Balaban J connectivity index is 0. The van der Waals surface area contributed by atoms with Gasteiger partial charge in [-0.2, -0.15) is 0 Å². The molecule has 0 saturated carbocycles. The van der Waals surface area contributed by atoms with Gasteiger partial charge in [0.15, 0.2) is 5.54 Å². The third-order valence-corrected chi connectivity index (χ3v) is 3.57. The van der Waals surface area contributed by atoms with E-state index in [9.17, 15) is 9.59 Å². The number of esters is 1. The highest BCUT2D eigenvalue weighted by atomic mass is 127. The van der Waals surface area contributed by atoms with Crippen LogP contribution in [0.15, 0.2) is 0 Å². The molecule has 0 aromatic carbocycles. The van der Waals surface area contributed by atoms with Gasteiger partial charge in [-0.1, -0.05) is 20.3 Å². The summed E-state index contributed by atoms with van der Waals surface area (Å²) in [6.07, 6.45) is 0.610. The summed E-state index contributed by atoms with van der Waals surface area (Å²) in [5.41, 5.74) is 3.86. The van der Waals surface area contributed by atoms with E-state index in [-0.39, 0.29) is 29.9 Å². The average Bonchev–Trinajstić information content (AvgIpc) is 2.32. The first-order valence-electron chi connectivity index (χ1n) is 7.85. The zero-order valence-corrected chi connectivity index (χ0v) is 18.0. The summed E-state index contributed by atoms with van der Waals surface area (Å²) in [7, 11) is 6.10. The number of hydrogen-bond donors (Lipinski definition) is 2. The summed E-state index contributed by atoms with van der Waals surface area (Å²) in [5.74, 6) is -1.45. The van der Waals surface area contributed by atoms with Crippen LogP contribution in [0.1, 0.15) is 41.0 Å². The fourth-order valence-electron chi connectivity index (χ4n) is 1.85. The maximum atomic E-state index is 12.5. The topological polar surface area (TPSA) is 81.4 Å². The molecular formula is C16H34IN3O3. The second kappa shape index (κ2) is 9.17. The second-order valence-electron chi connectivity index (χ2n) is 7.95. The Morgan fingerprint density at radius 1 is 1.22 bits per heavy atom. The standard InChI is InChI=1S/C16H33N3O3.HI/c1-9-12(2)16(17,14(21)22-15(3,4)5)13(20)18-10-11-19(6,7)8;/h12H,9-11,17H2,1-8H3;1H/t12-,16-;/m0./s1. The Morgan fingerprint density at radius 2 is 1.70 bits per heavy atom. The van der Waals surface area contributed by atoms with Crippen LogP contribution in [0.4, 0.5) is 0 Å². The van der Waals surface area contributed by atoms with Crippen LogP contribution in [-0.4, -0.2) is 61.7 Å². The minimum absolute atomic E-state index is 0. The second-order valence-corrected chi connectivity index (χ2v) is 7.95. The molecule has 7 heteroatoms. The number of rotatable bonds is 7. The quantitative estimate of drug-likeness (QED) is 0.205. The Morgan fingerprint density at radius 3 is 2.04 bits per heavy atom. The maximum absolute atomic E-state index is 12.5. The van der Waals surface area contributed by atoms with Crippen molar-refractivity contribution in [3.05, 3.63) is 0 Å². The number of likely N-dealkylation sites (N-methyl/N-ethyl adjacent to an activating group) is 1. The van der Waals surface area contributed by atoms with Gasteiger partial charge in [0, 0.05) is 0 Å². The number of nitrogens with one attached hydrogen (secondary N) is 1. The van der Waals surface area contributed by atoms with Gasteiger partial charge in [0.2, 0.25) is 0 Å². The molecule has 0 fully saturated rings. The van der Waals surface area contributed by atoms with Crippen LogP contribution in [0.25, 0.3) is 0 Å². The molecule has 2 atom stereocenters. The van der Waals surface area contributed by atoms with Crippen molar-refractivity contribution in [3.8, 4) is 0 Å². The summed E-state index contributed by atoms with van der Waals surface area (Å²) in [5, 5.41) is 2.78. The predicted octanol–water partition coefficient (Wildman–Crippen LogP) is -2.10. The first-order valence-corrected chi connectivity index (χ1v) is 7.85. The number of nitrogens with two attached hydrogens (primary N) is 1. The van der Waals surface area contributed by atoms with Crippen LogP contribution >= 0.6 is 0 Å². The Hall–Kier alpha value is -0.410. The zero-order chi connectivity index (χ0) is 17.8. The van der Waals surface area contributed by atoms with E-state index < -0.39 is 23.0 Å². The Bertz CT molecular complexity index is 402. The van der Waals surface area contributed by atoms with Gasteiger partial charge in [-0.15, -0.1) is 0 Å². The third-order valence-electron chi connectivity index (χ3n) is 3.57. The number of hydrogen-bond acceptors (Lipinski definition) is 4. The van der Waals surface area contributed by atoms with E-state index >= 15 is 0 Å². The highest BCUT2D eigenvalue weighted by Crippen LogP contribution is 2.23. The van der Waals surface area contributed by atoms with Crippen molar-refractivity contribution in [3.63, 3.8) is 0 Å². The third kappa shape index (κ3) is 8.30. The van der Waals surface area contributed by atoms with Crippen molar-refractivity contribution in [2.24, 2.45) is 11.7 Å². The molecule has 0 aliphatic carbocycles. The SMILES string of the molecule is CC[C@H](C)[C@](N)(C(=O)NCC[N+](C)(C)C)C(=O)OC(C)(C)C.[I-]. The molecule has 0 unspecified atom stereocenters. The van der Waals surface area contributed by atoms with Crippen molar-refractivity contribution in [1.29, 1.82) is 0 Å². The largest absolute Gasteiger partial charge is 1.00 e. The first-order chi connectivity index (χ1) is 9.74. The molecule has 138 valence electrons. The predicted molar refractivity (Wildman–Crippen MR) is 88.1 cm³/mol. The lowest BCUT2D eigenvalue weighted by Gasteiger charge is -2.34. The molecule has 6 nitrogen and oxygen atoms in total. The molecular weight excluding hydrogens is 409 g/mol. The molecule has 23 heavy (non-hydrogen) atoms. The van der Waals surface area contributed by atoms with E-state index in [0.29, 0.717) is 17.4 Å². The molecule has 3 N–H and O–H groups in total. The highest BCUT2D eigenvalue weighted by molar-refractivity contribution is 6.07. The maximum Gasteiger partial charge on any atom is 0.336 e. The van der Waals surface area contributed by atoms with Crippen molar-refractivity contribution in [2.75, 3.05) is 34.2 Å². The van der Waals surface area contributed by atoms with Gasteiger partial charge in [-0.05, 0) is 26.7 Å². The van der Waals surface area contributed by atoms with E-state index in [1.807, 2.05) is 28.1 Å². The van der Waals surface area contributed by atoms with Crippen LogP contribution in [0.3, 0.4) is 0 Å². The number of ether oxygens (including phenoxy) is 1. The lowest BCUT2D eigenvalue weighted by molar-refractivity contribution is -0.869. The van der Waals surface area contributed by atoms with Gasteiger partial charge in [0.05, 0.1) is 34.2 Å². The van der Waals surface area contributed by atoms with E-state index in [2.05, 4.69) is 5.32 Å². The Labute approximate surface area is 158 Å². The summed E-state index contributed by atoms with van der Waals surface area (Å²) >= 11 is 0. The molecule has 0 rings (SSSR count). The van der Waals surface area contributed by atoms with Crippen LogP contribution in [0, 0.1) is 5.92 Å². The van der Waals surface area contributed by atoms with Crippen LogP contribution in [0.2, 0.25) is 0 Å². The van der Waals surface area contributed by atoms with Gasteiger partial charge in [-0.25, -0.2) is 4.79 Å². The number of amides is 1. The fraction of sp³-hybridized carbons (Fsp3) is 0.875. The number of halogens is 1. The van der Waals surface area contributed by atoms with Gasteiger partial charge in [0.1, 0.15) is 5.60 Å². The summed E-state index contributed by atoms with van der Waals surface area (Å²) in [6.45, 7) is 10.2. The van der Waals surface area contributed by atoms with Gasteiger partial charge < -0.3 is 44.2 Å². The molecule has 0 aliphatic heterocycles. The lowest BCUT2D eigenvalue weighted by atomic mass is 9.83. The normalized spacial score (nSPS) is 15.9. The van der Waals surface area contributed by atoms with Gasteiger partial charge >= 0.3 is 5.97 Å². The highest BCUT2D eigenvalue weighted by Gasteiger charge is 2.48. The van der Waals surface area contributed by atoms with E-state index in [4.69, 9.17) is 10.5 Å². The lowest BCUT2D eigenvalue weighted by Crippen LogP contribution is -3.00. The average molecular weight is 443 g/mol. The smallest absolute Gasteiger partial charge is 0.336 e. The number of carbonyl (C=O) groups excluding carboxylic acids is 2. The minimum Gasteiger partial charge on any atom is -1.00 e. The first kappa shape index (κ1) is 24.8. The molecule has 0 radical (unpaired) electrons. The van der Waals surface area contributed by atoms with E-state index in [1.165, 1.54) is 0 Å². The molecule has 0 heterocycles. The van der Waals surface area contributed by atoms with Gasteiger partial charge in [0.25, 0.3) is 5.91 Å². The minimum atomic E-state index is -1.66. The monoisotopic (exact) mass is 443 g/mol. The number of carbonyl (C=O) groups is 2. The van der Waals surface area contributed by atoms with E-state index in [0.717, 1.165) is 6.54 Å². The van der Waals surface area contributed by atoms with Crippen LogP contribution < -0.4 is 35.0 Å². The van der Waals surface area contributed by atoms with Crippen LogP contribution in [-0.2, 0) is 14.3 Å². The van der Waals surface area contributed by atoms with Gasteiger partial charge in [-0.3, -0.25) is 4.79 Å². The van der Waals surface area contributed by atoms with Crippen molar-refractivity contribution < 1.29 is 42.8 Å². The number of quaternary nitrogens is 1.